The average molecular weight is 345 g/mol. The summed E-state index contributed by atoms with van der Waals surface area (Å²) in [5, 5.41) is 6.23. The van der Waals surface area contributed by atoms with Crippen LogP contribution in [-0.4, -0.2) is 23.6 Å². The molecule has 7 heteroatoms. The van der Waals surface area contributed by atoms with Crippen LogP contribution in [0.3, 0.4) is 0 Å². The molecule has 122 valence electrons. The molecule has 0 bridgehead atoms. The van der Waals surface area contributed by atoms with E-state index in [-0.39, 0.29) is 12.7 Å². The number of benzene rings is 2. The Morgan fingerprint density at radius 1 is 1.17 bits per heavy atom. The fraction of sp³-hybridized carbons (Fsp3) is 0.176. The first-order valence-electron chi connectivity index (χ1n) is 7.32. The summed E-state index contributed by atoms with van der Waals surface area (Å²) in [5.41, 5.74) is 1.50. The number of hydrogen-bond donors (Lipinski definition) is 0. The molecule has 1 atom stereocenters. The summed E-state index contributed by atoms with van der Waals surface area (Å²) in [7, 11) is 0. The lowest BCUT2D eigenvalue weighted by Gasteiger charge is -2.19. The first-order chi connectivity index (χ1) is 11.6. The van der Waals surface area contributed by atoms with E-state index in [4.69, 9.17) is 25.8 Å². The van der Waals surface area contributed by atoms with Crippen LogP contribution in [0.15, 0.2) is 47.6 Å². The van der Waals surface area contributed by atoms with Crippen molar-refractivity contribution in [3.05, 3.63) is 58.6 Å². The maximum atomic E-state index is 12.0. The Morgan fingerprint density at radius 3 is 2.67 bits per heavy atom. The number of fused-ring (bicyclic) bond motifs is 1. The number of ether oxygens (including phenoxy) is 3. The summed E-state index contributed by atoms with van der Waals surface area (Å²) >= 11 is 5.91. The molecule has 2 aromatic carbocycles. The number of rotatable bonds is 2. The number of hydrazone groups is 1. The molecular formula is C17H13ClN2O4. The van der Waals surface area contributed by atoms with Crippen LogP contribution < -0.4 is 9.47 Å². The van der Waals surface area contributed by atoms with Gasteiger partial charge in [0, 0.05) is 23.1 Å². The van der Waals surface area contributed by atoms with Crippen LogP contribution in [0.25, 0.3) is 0 Å². The molecule has 0 unspecified atom stereocenters. The van der Waals surface area contributed by atoms with Gasteiger partial charge in [0.2, 0.25) is 24.8 Å². The van der Waals surface area contributed by atoms with Crippen molar-refractivity contribution in [1.82, 2.24) is 5.01 Å². The van der Waals surface area contributed by atoms with Gasteiger partial charge in [0.15, 0.2) is 11.5 Å². The lowest BCUT2D eigenvalue weighted by atomic mass is 10.1. The fourth-order valence-corrected chi connectivity index (χ4v) is 2.69. The maximum Gasteiger partial charge on any atom is 0.243 e. The molecule has 2 aromatic rings. The third-order valence-corrected chi connectivity index (χ3v) is 3.99. The molecule has 0 saturated carbocycles. The monoisotopic (exact) mass is 344 g/mol. The van der Waals surface area contributed by atoms with E-state index in [1.54, 1.807) is 36.4 Å². The zero-order chi connectivity index (χ0) is 16.7. The van der Waals surface area contributed by atoms with Crippen LogP contribution >= 0.6 is 11.6 Å². The molecule has 4 rings (SSSR count). The summed E-state index contributed by atoms with van der Waals surface area (Å²) in [6, 6.07) is 12.5. The van der Waals surface area contributed by atoms with Gasteiger partial charge in [-0.25, -0.2) is 0 Å². The smallest absolute Gasteiger partial charge is 0.243 e. The van der Waals surface area contributed by atoms with Crippen molar-refractivity contribution < 1.29 is 19.0 Å². The zero-order valence-electron chi connectivity index (χ0n) is 12.7. The summed E-state index contributed by atoms with van der Waals surface area (Å²) in [6.45, 7) is 1.63. The Bertz CT molecular complexity index is 835. The molecule has 2 aliphatic rings. The van der Waals surface area contributed by atoms with E-state index in [1.807, 2.05) is 6.07 Å². The zero-order valence-corrected chi connectivity index (χ0v) is 13.5. The minimum atomic E-state index is -0.650. The number of hydrogen-bond acceptors (Lipinski definition) is 5. The first kappa shape index (κ1) is 14.8. The van der Waals surface area contributed by atoms with E-state index in [1.165, 1.54) is 11.9 Å². The van der Waals surface area contributed by atoms with Gasteiger partial charge < -0.3 is 14.2 Å². The van der Waals surface area contributed by atoms with Gasteiger partial charge >= 0.3 is 0 Å². The molecule has 0 aliphatic carbocycles. The summed E-state index contributed by atoms with van der Waals surface area (Å²) in [4.78, 5) is 12.0. The van der Waals surface area contributed by atoms with E-state index in [2.05, 4.69) is 5.10 Å². The van der Waals surface area contributed by atoms with Gasteiger partial charge in [0.05, 0.1) is 0 Å². The van der Waals surface area contributed by atoms with Crippen molar-refractivity contribution in [2.24, 2.45) is 5.10 Å². The second kappa shape index (κ2) is 5.72. The molecule has 1 amide bonds. The third-order valence-electron chi connectivity index (χ3n) is 3.74. The minimum Gasteiger partial charge on any atom is -0.454 e. The SMILES string of the molecule is CC(=O)N1N=C(c2ccc(Cl)cc2)O[C@@H]1c1ccc2c(c1)OCO2. The van der Waals surface area contributed by atoms with Crippen LogP contribution in [0.1, 0.15) is 24.3 Å². The van der Waals surface area contributed by atoms with Gasteiger partial charge in [-0.05, 0) is 42.5 Å². The van der Waals surface area contributed by atoms with Crippen molar-refractivity contribution in [1.29, 1.82) is 0 Å². The quantitative estimate of drug-likeness (QED) is 0.838. The predicted octanol–water partition coefficient (Wildman–Crippen LogP) is 3.31. The van der Waals surface area contributed by atoms with Crippen LogP contribution in [0, 0.1) is 0 Å². The minimum absolute atomic E-state index is 0.188. The molecule has 0 N–H and O–H groups in total. The van der Waals surface area contributed by atoms with Crippen molar-refractivity contribution in [3.63, 3.8) is 0 Å². The van der Waals surface area contributed by atoms with E-state index in [9.17, 15) is 4.79 Å². The highest BCUT2D eigenvalue weighted by Gasteiger charge is 2.34. The highest BCUT2D eigenvalue weighted by Crippen LogP contribution is 2.38. The predicted molar refractivity (Wildman–Crippen MR) is 86.9 cm³/mol. The number of carbonyl (C=O) groups excluding carboxylic acids is 1. The van der Waals surface area contributed by atoms with Gasteiger partial charge in [-0.1, -0.05) is 11.6 Å². The van der Waals surface area contributed by atoms with Crippen molar-refractivity contribution in [2.45, 2.75) is 13.2 Å². The lowest BCUT2D eigenvalue weighted by Crippen LogP contribution is -2.25. The fourth-order valence-electron chi connectivity index (χ4n) is 2.56. The maximum absolute atomic E-state index is 12.0. The summed E-state index contributed by atoms with van der Waals surface area (Å²) in [6.07, 6.45) is -0.650. The lowest BCUT2D eigenvalue weighted by molar-refractivity contribution is -0.135. The Hall–Kier alpha value is -2.73. The topological polar surface area (TPSA) is 60.4 Å². The van der Waals surface area contributed by atoms with Gasteiger partial charge in [0.25, 0.3) is 0 Å². The molecule has 6 nitrogen and oxygen atoms in total. The Morgan fingerprint density at radius 2 is 1.92 bits per heavy atom. The molecular weight excluding hydrogens is 332 g/mol. The van der Waals surface area contributed by atoms with Crippen LogP contribution in [0.4, 0.5) is 0 Å². The molecule has 0 aromatic heterocycles. The number of halogens is 1. The van der Waals surface area contributed by atoms with E-state index in [0.717, 1.165) is 11.1 Å². The number of amides is 1. The summed E-state index contributed by atoms with van der Waals surface area (Å²) in [5.74, 6) is 1.44. The highest BCUT2D eigenvalue weighted by molar-refractivity contribution is 6.30. The Balaban J connectivity index is 1.67. The van der Waals surface area contributed by atoms with Gasteiger partial charge in [-0.2, -0.15) is 5.01 Å². The normalized spacial score (nSPS) is 18.3. The second-order valence-corrected chi connectivity index (χ2v) is 5.79. The highest BCUT2D eigenvalue weighted by atomic mass is 35.5. The first-order valence-corrected chi connectivity index (χ1v) is 7.70. The van der Waals surface area contributed by atoms with Crippen molar-refractivity contribution in [3.8, 4) is 11.5 Å². The molecule has 0 fully saturated rings. The molecule has 2 heterocycles. The standard InChI is InChI=1S/C17H13ClN2O4/c1-10(21)20-17(12-4-7-14-15(8-12)23-9-22-14)24-16(19-20)11-2-5-13(18)6-3-11/h2-8,17H,9H2,1H3/t17-/m1/s1. The Kier molecular flexibility index (Phi) is 3.54. The molecule has 0 spiro atoms. The van der Waals surface area contributed by atoms with Crippen LogP contribution in [0.5, 0.6) is 11.5 Å². The number of carbonyl (C=O) groups is 1. The largest absolute Gasteiger partial charge is 0.454 e. The van der Waals surface area contributed by atoms with Crippen LogP contribution in [-0.2, 0) is 9.53 Å². The number of nitrogens with zero attached hydrogens (tertiary/aromatic N) is 2. The van der Waals surface area contributed by atoms with E-state index >= 15 is 0 Å². The Labute approximate surface area is 143 Å². The average Bonchev–Trinajstić information content (AvgIpc) is 3.21. The molecule has 0 saturated heterocycles. The van der Waals surface area contributed by atoms with Crippen molar-refractivity contribution >= 4 is 23.4 Å². The second-order valence-electron chi connectivity index (χ2n) is 5.36. The van der Waals surface area contributed by atoms with Crippen LogP contribution in [0.2, 0.25) is 5.02 Å². The van der Waals surface area contributed by atoms with Crippen molar-refractivity contribution in [2.75, 3.05) is 6.79 Å². The molecule has 0 radical (unpaired) electrons. The van der Waals surface area contributed by atoms with E-state index < -0.39 is 6.23 Å². The van der Waals surface area contributed by atoms with Gasteiger partial charge in [-0.3, -0.25) is 4.79 Å². The molecule has 2 aliphatic heterocycles. The van der Waals surface area contributed by atoms with Gasteiger partial charge in [0.1, 0.15) is 0 Å². The van der Waals surface area contributed by atoms with Gasteiger partial charge in [-0.15, -0.1) is 5.10 Å². The third kappa shape index (κ3) is 2.55. The van der Waals surface area contributed by atoms with E-state index in [0.29, 0.717) is 22.4 Å². The summed E-state index contributed by atoms with van der Waals surface area (Å²) < 4.78 is 16.6. The molecule has 24 heavy (non-hydrogen) atoms.